The zero-order valence-corrected chi connectivity index (χ0v) is 9.40. The molecule has 0 aliphatic carbocycles. The maximum Gasteiger partial charge on any atom is 0.317 e. The van der Waals surface area contributed by atoms with E-state index in [0.29, 0.717) is 19.6 Å². The molecule has 5 heteroatoms. The maximum absolute atomic E-state index is 11.5. The molecule has 1 N–H and O–H groups in total. The molecule has 0 aromatic carbocycles. The standard InChI is InChI=1S/C11H16N2O3/c1-2-4-10(14)13-6-3-5-12(7-8-13)9-11(15)16/h3,5-9H2,1H3,(H,15,16). The Kier molecular flexibility index (Phi) is 4.80. The van der Waals surface area contributed by atoms with Crippen LogP contribution in [0.25, 0.3) is 0 Å². The molecule has 0 aromatic heterocycles. The number of nitrogens with zero attached hydrogens (tertiary/aromatic N) is 2. The van der Waals surface area contributed by atoms with Crippen LogP contribution >= 0.6 is 0 Å². The van der Waals surface area contributed by atoms with E-state index < -0.39 is 5.97 Å². The summed E-state index contributed by atoms with van der Waals surface area (Å²) in [7, 11) is 0. The van der Waals surface area contributed by atoms with Gasteiger partial charge in [-0.2, -0.15) is 0 Å². The van der Waals surface area contributed by atoms with Gasteiger partial charge in [0.2, 0.25) is 0 Å². The lowest BCUT2D eigenvalue weighted by molar-refractivity contribution is -0.138. The van der Waals surface area contributed by atoms with Crippen LogP contribution in [-0.4, -0.2) is 59.5 Å². The lowest BCUT2D eigenvalue weighted by atomic mass is 10.3. The Hall–Kier alpha value is -1.54. The number of amides is 1. The lowest BCUT2D eigenvalue weighted by Crippen LogP contribution is -2.36. The Bertz CT molecular complexity index is 330. The van der Waals surface area contributed by atoms with Gasteiger partial charge < -0.3 is 10.0 Å². The Morgan fingerprint density at radius 1 is 1.25 bits per heavy atom. The van der Waals surface area contributed by atoms with Gasteiger partial charge in [0.1, 0.15) is 0 Å². The number of carboxylic acid groups (broad SMARTS) is 1. The van der Waals surface area contributed by atoms with Crippen LogP contribution in [0.15, 0.2) is 0 Å². The van der Waals surface area contributed by atoms with Gasteiger partial charge >= 0.3 is 5.97 Å². The highest BCUT2D eigenvalue weighted by molar-refractivity contribution is 5.93. The molecule has 0 atom stereocenters. The van der Waals surface area contributed by atoms with Gasteiger partial charge in [-0.05, 0) is 19.3 Å². The molecule has 0 radical (unpaired) electrons. The SMILES string of the molecule is CC#CC(=O)N1CCCN(CC(=O)O)CC1. The molecule has 0 bridgehead atoms. The summed E-state index contributed by atoms with van der Waals surface area (Å²) in [6, 6.07) is 0. The molecule has 1 saturated heterocycles. The second kappa shape index (κ2) is 6.13. The molecule has 1 rings (SSSR count). The summed E-state index contributed by atoms with van der Waals surface area (Å²) in [4.78, 5) is 25.6. The van der Waals surface area contributed by atoms with Crippen LogP contribution in [0.5, 0.6) is 0 Å². The Morgan fingerprint density at radius 3 is 2.62 bits per heavy atom. The summed E-state index contributed by atoms with van der Waals surface area (Å²) in [6.45, 7) is 4.21. The van der Waals surface area contributed by atoms with Gasteiger partial charge in [-0.3, -0.25) is 14.5 Å². The number of hydrogen-bond donors (Lipinski definition) is 1. The predicted octanol–water partition coefficient (Wildman–Crippen LogP) is -0.371. The average Bonchev–Trinajstić information content (AvgIpc) is 2.43. The molecule has 1 aliphatic rings. The summed E-state index contributed by atoms with van der Waals surface area (Å²) in [5.74, 6) is 4.09. The number of carbonyl (C=O) groups is 2. The first-order valence-corrected chi connectivity index (χ1v) is 5.29. The van der Waals surface area contributed by atoms with Crippen molar-refractivity contribution in [1.82, 2.24) is 9.80 Å². The van der Waals surface area contributed by atoms with Crippen LogP contribution in [-0.2, 0) is 9.59 Å². The van der Waals surface area contributed by atoms with Gasteiger partial charge in [0, 0.05) is 26.2 Å². The van der Waals surface area contributed by atoms with E-state index in [9.17, 15) is 9.59 Å². The topological polar surface area (TPSA) is 60.9 Å². The van der Waals surface area contributed by atoms with Gasteiger partial charge in [-0.15, -0.1) is 0 Å². The number of hydrogen-bond acceptors (Lipinski definition) is 3. The van der Waals surface area contributed by atoms with Crippen LogP contribution in [0.1, 0.15) is 13.3 Å². The van der Waals surface area contributed by atoms with Crippen molar-refractivity contribution in [1.29, 1.82) is 0 Å². The molecule has 0 unspecified atom stereocenters. The van der Waals surface area contributed by atoms with Crippen LogP contribution < -0.4 is 0 Å². The number of rotatable bonds is 2. The molecule has 5 nitrogen and oxygen atoms in total. The van der Waals surface area contributed by atoms with Crippen molar-refractivity contribution in [3.63, 3.8) is 0 Å². The highest BCUT2D eigenvalue weighted by Crippen LogP contribution is 2.02. The molecule has 0 aromatic rings. The number of carbonyl (C=O) groups excluding carboxylic acids is 1. The van der Waals surface area contributed by atoms with Gasteiger partial charge in [0.05, 0.1) is 6.54 Å². The Morgan fingerprint density at radius 2 is 2.00 bits per heavy atom. The van der Waals surface area contributed by atoms with E-state index in [1.54, 1.807) is 11.8 Å². The average molecular weight is 224 g/mol. The summed E-state index contributed by atoms with van der Waals surface area (Å²) >= 11 is 0. The van der Waals surface area contributed by atoms with Crippen LogP contribution in [0.3, 0.4) is 0 Å². The summed E-state index contributed by atoms with van der Waals surface area (Å²) in [5.41, 5.74) is 0. The summed E-state index contributed by atoms with van der Waals surface area (Å²) in [6.07, 6.45) is 0.796. The number of carboxylic acids is 1. The van der Waals surface area contributed by atoms with Gasteiger partial charge in [0.15, 0.2) is 0 Å². The van der Waals surface area contributed by atoms with E-state index in [4.69, 9.17) is 5.11 Å². The fourth-order valence-corrected chi connectivity index (χ4v) is 1.71. The van der Waals surface area contributed by atoms with Crippen molar-refractivity contribution in [2.45, 2.75) is 13.3 Å². The van der Waals surface area contributed by atoms with E-state index >= 15 is 0 Å². The molecular weight excluding hydrogens is 208 g/mol. The molecule has 0 spiro atoms. The summed E-state index contributed by atoms with van der Waals surface area (Å²) in [5, 5.41) is 8.67. The molecule has 88 valence electrons. The van der Waals surface area contributed by atoms with E-state index in [2.05, 4.69) is 11.8 Å². The molecular formula is C11H16N2O3. The molecule has 1 amide bonds. The molecule has 1 aliphatic heterocycles. The third-order valence-electron chi connectivity index (χ3n) is 2.47. The van der Waals surface area contributed by atoms with Crippen molar-refractivity contribution in [3.05, 3.63) is 0 Å². The first-order valence-electron chi connectivity index (χ1n) is 5.29. The third-order valence-corrected chi connectivity index (χ3v) is 2.47. The quantitative estimate of drug-likeness (QED) is 0.650. The smallest absolute Gasteiger partial charge is 0.317 e. The summed E-state index contributed by atoms with van der Waals surface area (Å²) < 4.78 is 0. The van der Waals surface area contributed by atoms with E-state index in [0.717, 1.165) is 13.0 Å². The molecule has 1 fully saturated rings. The van der Waals surface area contributed by atoms with Crippen molar-refractivity contribution < 1.29 is 14.7 Å². The van der Waals surface area contributed by atoms with Crippen molar-refractivity contribution in [3.8, 4) is 11.8 Å². The zero-order valence-electron chi connectivity index (χ0n) is 9.40. The largest absolute Gasteiger partial charge is 0.480 e. The van der Waals surface area contributed by atoms with Crippen molar-refractivity contribution in [2.75, 3.05) is 32.7 Å². The van der Waals surface area contributed by atoms with E-state index in [-0.39, 0.29) is 12.5 Å². The maximum atomic E-state index is 11.5. The monoisotopic (exact) mass is 224 g/mol. The zero-order chi connectivity index (χ0) is 12.0. The highest BCUT2D eigenvalue weighted by atomic mass is 16.4. The van der Waals surface area contributed by atoms with Crippen LogP contribution in [0.4, 0.5) is 0 Å². The fraction of sp³-hybridized carbons (Fsp3) is 0.636. The molecule has 16 heavy (non-hydrogen) atoms. The highest BCUT2D eigenvalue weighted by Gasteiger charge is 2.18. The predicted molar refractivity (Wildman–Crippen MR) is 58.7 cm³/mol. The second-order valence-electron chi connectivity index (χ2n) is 3.69. The Balaban J connectivity index is 2.48. The van der Waals surface area contributed by atoms with Crippen LogP contribution in [0.2, 0.25) is 0 Å². The second-order valence-corrected chi connectivity index (χ2v) is 3.69. The minimum absolute atomic E-state index is 0.0431. The minimum Gasteiger partial charge on any atom is -0.480 e. The van der Waals surface area contributed by atoms with Crippen molar-refractivity contribution >= 4 is 11.9 Å². The van der Waals surface area contributed by atoms with E-state index in [1.165, 1.54) is 0 Å². The van der Waals surface area contributed by atoms with Crippen molar-refractivity contribution in [2.24, 2.45) is 0 Å². The first kappa shape index (κ1) is 12.5. The van der Waals surface area contributed by atoms with Gasteiger partial charge in [-0.25, -0.2) is 0 Å². The molecule has 1 heterocycles. The van der Waals surface area contributed by atoms with Gasteiger partial charge in [0.25, 0.3) is 5.91 Å². The van der Waals surface area contributed by atoms with E-state index in [1.807, 2.05) is 4.90 Å². The normalized spacial score (nSPS) is 17.2. The minimum atomic E-state index is -0.826. The molecule has 0 saturated carbocycles. The van der Waals surface area contributed by atoms with Crippen LogP contribution in [0, 0.1) is 11.8 Å². The first-order chi connectivity index (χ1) is 7.63. The Labute approximate surface area is 95.0 Å². The number of aliphatic carboxylic acids is 1. The fourth-order valence-electron chi connectivity index (χ4n) is 1.71. The third kappa shape index (κ3) is 3.91. The lowest BCUT2D eigenvalue weighted by Gasteiger charge is -2.18. The van der Waals surface area contributed by atoms with Gasteiger partial charge in [-0.1, -0.05) is 5.92 Å².